The van der Waals surface area contributed by atoms with Gasteiger partial charge in [-0.05, 0) is 25.1 Å². The molecule has 1 aromatic carbocycles. The lowest BCUT2D eigenvalue weighted by atomic mass is 10.1. The van der Waals surface area contributed by atoms with Crippen molar-refractivity contribution in [3.05, 3.63) is 29.8 Å². The van der Waals surface area contributed by atoms with Gasteiger partial charge in [0.25, 0.3) is 0 Å². The van der Waals surface area contributed by atoms with E-state index in [1.165, 1.54) is 5.56 Å². The first-order chi connectivity index (χ1) is 5.25. The van der Waals surface area contributed by atoms with Crippen molar-refractivity contribution >= 4 is 24.5 Å². The van der Waals surface area contributed by atoms with Crippen LogP contribution in [0.1, 0.15) is 5.56 Å². The first kappa shape index (κ1) is 6.53. The zero-order valence-corrected chi connectivity index (χ0v) is 6.29. The van der Waals surface area contributed by atoms with E-state index >= 15 is 0 Å². The predicted octanol–water partition coefficient (Wildman–Crippen LogP) is 1.54. The van der Waals surface area contributed by atoms with E-state index in [0.717, 1.165) is 11.0 Å². The molecular formula is C9H7BO. The Labute approximate surface area is 66.4 Å². The molecule has 1 aromatic heterocycles. The van der Waals surface area contributed by atoms with Gasteiger partial charge in [-0.3, -0.25) is 0 Å². The second kappa shape index (κ2) is 2.16. The summed E-state index contributed by atoms with van der Waals surface area (Å²) in [5.41, 5.74) is 2.55. The van der Waals surface area contributed by atoms with Gasteiger partial charge in [-0.2, -0.15) is 0 Å². The second-order valence-electron chi connectivity index (χ2n) is 2.69. The van der Waals surface area contributed by atoms with Crippen molar-refractivity contribution in [1.82, 2.24) is 0 Å². The smallest absolute Gasteiger partial charge is 0.167 e. The highest BCUT2D eigenvalue weighted by molar-refractivity contribution is 6.31. The molecule has 2 rings (SSSR count). The fourth-order valence-electron chi connectivity index (χ4n) is 1.18. The van der Waals surface area contributed by atoms with Crippen LogP contribution in [0.3, 0.4) is 0 Å². The Morgan fingerprint density at radius 2 is 2.09 bits per heavy atom. The average molecular weight is 142 g/mol. The van der Waals surface area contributed by atoms with E-state index < -0.39 is 0 Å². The molecule has 0 aliphatic heterocycles. The molecule has 1 nitrogen and oxygen atoms in total. The molecule has 0 bridgehead atoms. The number of fused-ring (bicyclic) bond motifs is 1. The van der Waals surface area contributed by atoms with Gasteiger partial charge in [0.15, 0.2) is 7.85 Å². The molecule has 0 atom stereocenters. The van der Waals surface area contributed by atoms with Crippen LogP contribution in [0.2, 0.25) is 0 Å². The van der Waals surface area contributed by atoms with Crippen molar-refractivity contribution < 1.29 is 4.42 Å². The van der Waals surface area contributed by atoms with E-state index in [4.69, 9.17) is 12.3 Å². The molecule has 52 valence electrons. The third kappa shape index (κ3) is 1.05. The zero-order valence-electron chi connectivity index (χ0n) is 6.29. The van der Waals surface area contributed by atoms with E-state index in [0.29, 0.717) is 5.66 Å². The van der Waals surface area contributed by atoms with Gasteiger partial charge < -0.3 is 4.42 Å². The fraction of sp³-hybridized carbons (Fsp3) is 0.111. The molecule has 2 heteroatoms. The number of hydrogen-bond acceptors (Lipinski definition) is 1. The summed E-state index contributed by atoms with van der Waals surface area (Å²) in [6, 6.07) is 7.82. The van der Waals surface area contributed by atoms with E-state index in [2.05, 4.69) is 6.07 Å². The first-order valence-electron chi connectivity index (χ1n) is 3.51. The second-order valence-corrected chi connectivity index (χ2v) is 2.69. The van der Waals surface area contributed by atoms with Gasteiger partial charge in [-0.25, -0.2) is 0 Å². The highest BCUT2D eigenvalue weighted by Gasteiger charge is 1.97. The summed E-state index contributed by atoms with van der Waals surface area (Å²) in [6.45, 7) is 2.04. The number of benzene rings is 1. The predicted molar refractivity (Wildman–Crippen MR) is 46.3 cm³/mol. The van der Waals surface area contributed by atoms with E-state index in [1.807, 2.05) is 25.1 Å². The normalized spacial score (nSPS) is 10.6. The molecule has 0 aliphatic rings. The largest absolute Gasteiger partial charge is 0.473 e. The zero-order chi connectivity index (χ0) is 7.84. The molecule has 0 aliphatic carbocycles. The number of rotatable bonds is 0. The van der Waals surface area contributed by atoms with Gasteiger partial charge >= 0.3 is 0 Å². The fourth-order valence-corrected chi connectivity index (χ4v) is 1.18. The van der Waals surface area contributed by atoms with Crippen molar-refractivity contribution in [2.75, 3.05) is 0 Å². The summed E-state index contributed by atoms with van der Waals surface area (Å²) in [5.74, 6) is 0. The van der Waals surface area contributed by atoms with Crippen molar-refractivity contribution in [2.45, 2.75) is 6.92 Å². The number of hydrogen-bond donors (Lipinski definition) is 0. The lowest BCUT2D eigenvalue weighted by molar-refractivity contribution is 0.653. The summed E-state index contributed by atoms with van der Waals surface area (Å²) in [5, 5.41) is 1.07. The van der Waals surface area contributed by atoms with Crippen LogP contribution in [-0.2, 0) is 0 Å². The Kier molecular flexibility index (Phi) is 1.28. The highest BCUT2D eigenvalue weighted by Crippen LogP contribution is 2.14. The van der Waals surface area contributed by atoms with Crippen molar-refractivity contribution in [1.29, 1.82) is 0 Å². The van der Waals surface area contributed by atoms with Crippen molar-refractivity contribution in [2.24, 2.45) is 0 Å². The topological polar surface area (TPSA) is 13.1 Å². The van der Waals surface area contributed by atoms with Gasteiger partial charge in [0.05, 0.1) is 0 Å². The minimum absolute atomic E-state index is 0.477. The summed E-state index contributed by atoms with van der Waals surface area (Å²) in [7, 11) is 5.47. The third-order valence-corrected chi connectivity index (χ3v) is 1.69. The summed E-state index contributed by atoms with van der Waals surface area (Å²) in [6.07, 6.45) is 0. The van der Waals surface area contributed by atoms with Crippen LogP contribution in [0, 0.1) is 6.92 Å². The monoisotopic (exact) mass is 142 g/mol. The maximum absolute atomic E-state index is 5.47. The maximum atomic E-state index is 5.47. The Bertz CT molecular complexity index is 389. The summed E-state index contributed by atoms with van der Waals surface area (Å²) < 4.78 is 5.20. The first-order valence-corrected chi connectivity index (χ1v) is 3.51. The van der Waals surface area contributed by atoms with Crippen LogP contribution >= 0.6 is 0 Å². The molecule has 0 saturated heterocycles. The van der Waals surface area contributed by atoms with Crippen molar-refractivity contribution in [3.8, 4) is 0 Å². The van der Waals surface area contributed by atoms with Crippen molar-refractivity contribution in [3.63, 3.8) is 0 Å². The van der Waals surface area contributed by atoms with Gasteiger partial charge in [0, 0.05) is 11.0 Å². The maximum Gasteiger partial charge on any atom is 0.167 e. The quantitative estimate of drug-likeness (QED) is 0.508. The van der Waals surface area contributed by atoms with Crippen LogP contribution in [-0.4, -0.2) is 7.85 Å². The Morgan fingerprint density at radius 3 is 2.91 bits per heavy atom. The molecule has 2 aromatic rings. The minimum Gasteiger partial charge on any atom is -0.473 e. The van der Waals surface area contributed by atoms with Crippen LogP contribution in [0.5, 0.6) is 0 Å². The molecule has 0 unspecified atom stereocenters. The minimum atomic E-state index is 0.477. The van der Waals surface area contributed by atoms with Gasteiger partial charge in [0.2, 0.25) is 0 Å². The van der Waals surface area contributed by atoms with Crippen LogP contribution in [0.15, 0.2) is 28.7 Å². The standard InChI is InChI=1S/C9H7BO/c1-6-2-3-8-7(4-6)5-9(10)11-8/h2-5H,1H3. The Balaban J connectivity index is 2.82. The number of furan rings is 1. The molecular weight excluding hydrogens is 135 g/mol. The number of aryl methyl sites for hydroxylation is 1. The average Bonchev–Trinajstić information content (AvgIpc) is 2.27. The molecule has 0 amide bonds. The molecule has 11 heavy (non-hydrogen) atoms. The lowest BCUT2D eigenvalue weighted by Crippen LogP contribution is -1.92. The molecule has 2 radical (unpaired) electrons. The Morgan fingerprint density at radius 1 is 1.27 bits per heavy atom. The van der Waals surface area contributed by atoms with Gasteiger partial charge in [-0.15, -0.1) is 0 Å². The summed E-state index contributed by atoms with van der Waals surface area (Å²) >= 11 is 0. The lowest BCUT2D eigenvalue weighted by Gasteiger charge is -1.89. The Hall–Kier alpha value is -1.18. The van der Waals surface area contributed by atoms with Crippen LogP contribution in [0.25, 0.3) is 11.0 Å². The molecule has 0 saturated carbocycles. The summed E-state index contributed by atoms with van der Waals surface area (Å²) in [4.78, 5) is 0. The van der Waals surface area contributed by atoms with Crippen LogP contribution in [0.4, 0.5) is 0 Å². The highest BCUT2D eigenvalue weighted by atomic mass is 16.3. The molecule has 0 N–H and O–H groups in total. The van der Waals surface area contributed by atoms with Gasteiger partial charge in [0.1, 0.15) is 5.58 Å². The third-order valence-electron chi connectivity index (χ3n) is 1.69. The van der Waals surface area contributed by atoms with Gasteiger partial charge in [-0.1, -0.05) is 11.6 Å². The van der Waals surface area contributed by atoms with E-state index in [1.54, 1.807) is 0 Å². The SMILES string of the molecule is [B]c1cc2cc(C)ccc2o1. The van der Waals surface area contributed by atoms with E-state index in [9.17, 15) is 0 Å². The molecule has 0 fully saturated rings. The van der Waals surface area contributed by atoms with E-state index in [-0.39, 0.29) is 0 Å². The van der Waals surface area contributed by atoms with Crippen LogP contribution < -0.4 is 5.66 Å². The molecule has 1 heterocycles. The molecule has 0 spiro atoms.